The van der Waals surface area contributed by atoms with Crippen LogP contribution in [0.1, 0.15) is 0 Å². The predicted molar refractivity (Wildman–Crippen MR) is 17.7 cm³/mol. The monoisotopic (exact) mass is 164 g/mol. The summed E-state index contributed by atoms with van der Waals surface area (Å²) in [5.74, 6) is 6.23. The highest BCUT2D eigenvalue weighted by atomic mass is 35.5. The molecule has 0 spiro atoms. The van der Waals surface area contributed by atoms with Gasteiger partial charge in [-0.15, -0.1) is 0 Å². The molecule has 0 aliphatic heterocycles. The van der Waals surface area contributed by atoms with Gasteiger partial charge in [-0.05, 0) is 0 Å². The Kier molecular flexibility index (Phi) is 30.9. The quantitative estimate of drug-likeness (QED) is 0.322. The van der Waals surface area contributed by atoms with Gasteiger partial charge in [0.1, 0.15) is 13.2 Å². The second-order valence-electron chi connectivity index (χ2n) is 0.816. The molecule has 0 aromatic carbocycles. The van der Waals surface area contributed by atoms with E-state index in [4.69, 9.17) is 0 Å². The van der Waals surface area contributed by atoms with E-state index in [1.807, 2.05) is 0 Å². The van der Waals surface area contributed by atoms with Crippen LogP contribution in [0.2, 0.25) is 0 Å². The van der Waals surface area contributed by atoms with Crippen molar-refractivity contribution in [1.29, 1.82) is 0 Å². The summed E-state index contributed by atoms with van der Waals surface area (Å²) in [6.07, 6.45) is 0. The van der Waals surface area contributed by atoms with Crippen LogP contribution in [0, 0.1) is 0 Å². The summed E-state index contributed by atoms with van der Waals surface area (Å²) < 4.78 is 0. The van der Waals surface area contributed by atoms with Gasteiger partial charge in [-0.25, -0.2) is 21.5 Å². The van der Waals surface area contributed by atoms with Gasteiger partial charge >= 0.3 is 0 Å². The van der Waals surface area contributed by atoms with E-state index in [2.05, 4.69) is 21.5 Å². The van der Waals surface area contributed by atoms with Gasteiger partial charge in [0.05, 0.1) is 0 Å². The van der Waals surface area contributed by atoms with E-state index < -0.39 is 0 Å². The molecule has 0 radical (unpaired) electrons. The Morgan fingerprint density at radius 3 is 1.25 bits per heavy atom. The van der Waals surface area contributed by atoms with E-state index in [1.165, 1.54) is 0 Å². The second-order valence-corrected chi connectivity index (χ2v) is 0.816. The molecule has 8 heavy (non-hydrogen) atoms. The fraction of sp³-hybridized carbons (Fsp3) is 1.00. The molecule has 0 rings (SSSR count). The molecule has 0 aliphatic rings. The summed E-state index contributed by atoms with van der Waals surface area (Å²) in [5.41, 5.74) is 0. The first-order chi connectivity index (χ1) is 2.91. The lowest BCUT2D eigenvalue weighted by Crippen LogP contribution is -3.00. The molecule has 6 heteroatoms. The molecule has 6 N–H and O–H groups in total. The molecule has 0 bridgehead atoms. The first-order valence-electron chi connectivity index (χ1n) is 1.65. The van der Waals surface area contributed by atoms with E-state index in [0.717, 1.165) is 0 Å². The lowest BCUT2D eigenvalue weighted by Gasteiger charge is -1.84. The summed E-state index contributed by atoms with van der Waals surface area (Å²) in [4.78, 5) is 8.73. The lowest BCUT2D eigenvalue weighted by molar-refractivity contribution is -0.716. The van der Waals surface area contributed by atoms with Gasteiger partial charge in [-0.2, -0.15) is 0 Å². The maximum Gasteiger partial charge on any atom is 0.135 e. The van der Waals surface area contributed by atoms with Crippen LogP contribution in [0.4, 0.5) is 0 Å². The van der Waals surface area contributed by atoms with Crippen LogP contribution in [-0.4, -0.2) is 13.2 Å². The Labute approximate surface area is 60.2 Å². The summed E-state index contributed by atoms with van der Waals surface area (Å²) in [6, 6.07) is 0. The van der Waals surface area contributed by atoms with Crippen molar-refractivity contribution in [2.24, 2.45) is 0 Å². The molecule has 54 valence electrons. The Morgan fingerprint density at radius 1 is 0.875 bits per heavy atom. The number of rotatable bonds is 3. The van der Waals surface area contributed by atoms with E-state index in [0.29, 0.717) is 13.2 Å². The molecule has 0 aromatic heterocycles. The molecular formula is C2H10Cl2N2O2. The third-order valence-electron chi connectivity index (χ3n) is 0.372. The molecule has 0 heterocycles. The van der Waals surface area contributed by atoms with Crippen LogP contribution in [0.5, 0.6) is 0 Å². The third-order valence-corrected chi connectivity index (χ3v) is 0.372. The van der Waals surface area contributed by atoms with Gasteiger partial charge in [0.15, 0.2) is 0 Å². The van der Waals surface area contributed by atoms with Crippen molar-refractivity contribution in [3.8, 4) is 0 Å². The van der Waals surface area contributed by atoms with Crippen LogP contribution in [0.15, 0.2) is 0 Å². The molecule has 0 saturated carbocycles. The minimum Gasteiger partial charge on any atom is -1.00 e. The van der Waals surface area contributed by atoms with Crippen molar-refractivity contribution in [2.45, 2.75) is 0 Å². The Bertz CT molecular complexity index is 28.0. The molecular weight excluding hydrogens is 155 g/mol. The minimum atomic E-state index is 0. The highest BCUT2D eigenvalue weighted by molar-refractivity contribution is 4.11. The summed E-state index contributed by atoms with van der Waals surface area (Å²) >= 11 is 0. The van der Waals surface area contributed by atoms with Gasteiger partial charge < -0.3 is 24.8 Å². The zero-order chi connectivity index (χ0) is 4.83. The van der Waals surface area contributed by atoms with Gasteiger partial charge in [0.2, 0.25) is 0 Å². The van der Waals surface area contributed by atoms with E-state index >= 15 is 0 Å². The standard InChI is InChI=1S/C2H10N2O2.2ClH/c3-5-1-2-6-4;;/h1-2H2,3-4H3;2*1H/q+2;;/p-2. The van der Waals surface area contributed by atoms with Gasteiger partial charge in [0.25, 0.3) is 0 Å². The molecule has 0 amide bonds. The molecule has 0 saturated heterocycles. The first-order valence-corrected chi connectivity index (χ1v) is 1.65. The summed E-state index contributed by atoms with van der Waals surface area (Å²) in [5, 5.41) is 0. The largest absolute Gasteiger partial charge is 1.00 e. The lowest BCUT2D eigenvalue weighted by atomic mass is 10.8. The van der Waals surface area contributed by atoms with Crippen LogP contribution in [0.25, 0.3) is 0 Å². The van der Waals surface area contributed by atoms with Crippen LogP contribution in [0.3, 0.4) is 0 Å². The maximum absolute atomic E-state index is 4.37. The predicted octanol–water partition coefficient (Wildman–Crippen LogP) is -8.66. The average Bonchev–Trinajstić information content (AvgIpc) is 1.61. The van der Waals surface area contributed by atoms with Crippen molar-refractivity contribution in [3.63, 3.8) is 0 Å². The summed E-state index contributed by atoms with van der Waals surface area (Å²) in [7, 11) is 0. The number of quaternary nitrogens is 2. The van der Waals surface area contributed by atoms with Gasteiger partial charge in [0, 0.05) is 0 Å². The fourth-order valence-electron chi connectivity index (χ4n) is 0.118. The zero-order valence-corrected chi connectivity index (χ0v) is 5.91. The van der Waals surface area contributed by atoms with Crippen molar-refractivity contribution in [3.05, 3.63) is 0 Å². The maximum atomic E-state index is 4.37. The van der Waals surface area contributed by atoms with E-state index in [9.17, 15) is 0 Å². The van der Waals surface area contributed by atoms with Crippen molar-refractivity contribution >= 4 is 0 Å². The first kappa shape index (κ1) is 15.8. The zero-order valence-electron chi connectivity index (χ0n) is 4.40. The molecule has 0 aliphatic carbocycles. The van der Waals surface area contributed by atoms with Gasteiger partial charge in [-0.1, -0.05) is 0 Å². The molecule has 0 atom stereocenters. The minimum absolute atomic E-state index is 0. The van der Waals surface area contributed by atoms with Crippen molar-refractivity contribution in [2.75, 3.05) is 13.2 Å². The smallest absolute Gasteiger partial charge is 0.135 e. The fourth-order valence-corrected chi connectivity index (χ4v) is 0.118. The number of hydrogen-bond acceptors (Lipinski definition) is 2. The molecule has 0 fully saturated rings. The summed E-state index contributed by atoms with van der Waals surface area (Å²) in [6.45, 7) is 1.03. The normalized spacial score (nSPS) is 6.75. The van der Waals surface area contributed by atoms with E-state index in [1.54, 1.807) is 0 Å². The van der Waals surface area contributed by atoms with E-state index in [-0.39, 0.29) is 24.8 Å². The molecule has 0 aromatic rings. The average molecular weight is 165 g/mol. The number of halogens is 2. The van der Waals surface area contributed by atoms with Gasteiger partial charge in [-0.3, -0.25) is 0 Å². The van der Waals surface area contributed by atoms with Crippen LogP contribution >= 0.6 is 0 Å². The topological polar surface area (TPSA) is 73.7 Å². The highest BCUT2D eigenvalue weighted by Gasteiger charge is 1.80. The Balaban J connectivity index is -0.000000125. The SMILES string of the molecule is [Cl-].[Cl-].[NH3+]OCCO[NH3+]. The van der Waals surface area contributed by atoms with Crippen LogP contribution < -0.4 is 36.6 Å². The van der Waals surface area contributed by atoms with Crippen molar-refractivity contribution in [1.82, 2.24) is 0 Å². The highest BCUT2D eigenvalue weighted by Crippen LogP contribution is 1.55. The van der Waals surface area contributed by atoms with Crippen LogP contribution in [-0.2, 0) is 9.68 Å². The third kappa shape index (κ3) is 16.1. The Morgan fingerprint density at radius 2 is 1.12 bits per heavy atom. The van der Waals surface area contributed by atoms with Crippen molar-refractivity contribution < 1.29 is 46.3 Å². The number of hydrogen-bond donors (Lipinski definition) is 2. The molecule has 4 nitrogen and oxygen atoms in total. The second kappa shape index (κ2) is 15.7. The Hall–Kier alpha value is 0.420. The molecule has 0 unspecified atom stereocenters.